The summed E-state index contributed by atoms with van der Waals surface area (Å²) in [5.74, 6) is -3.98. The number of alkyl halides is 2. The molecule has 1 aliphatic heterocycles. The molecule has 4 aromatic rings. The van der Waals surface area contributed by atoms with Gasteiger partial charge >= 0.3 is 5.69 Å². The smallest absolute Gasteiger partial charge is 0.332 e. The predicted molar refractivity (Wildman–Crippen MR) is 141 cm³/mol. The first-order valence-electron chi connectivity index (χ1n) is 11.7. The van der Waals surface area contributed by atoms with Crippen molar-refractivity contribution >= 4 is 17.3 Å². The predicted octanol–water partition coefficient (Wildman–Crippen LogP) is 4.88. The van der Waals surface area contributed by atoms with Crippen LogP contribution in [0.25, 0.3) is 27.9 Å². The lowest BCUT2D eigenvalue weighted by molar-refractivity contribution is -0.0294. The van der Waals surface area contributed by atoms with Crippen molar-refractivity contribution in [3.8, 4) is 33.7 Å². The van der Waals surface area contributed by atoms with Gasteiger partial charge in [-0.05, 0) is 49.7 Å². The number of phenols is 1. The first-order chi connectivity index (χ1) is 17.8. The minimum atomic E-state index is -3.11. The molecule has 1 fully saturated rings. The van der Waals surface area contributed by atoms with Crippen molar-refractivity contribution in [2.45, 2.75) is 25.3 Å². The number of phenolic OH excluding ortho intramolecular Hbond substituents is 1. The van der Waals surface area contributed by atoms with Crippen LogP contribution in [0.1, 0.15) is 12.6 Å². The van der Waals surface area contributed by atoms with Gasteiger partial charge < -0.3 is 20.3 Å². The quantitative estimate of drug-likeness (QED) is 0.383. The number of pyridine rings is 1. The number of hydrogen-bond acceptors (Lipinski definition) is 5. The summed E-state index contributed by atoms with van der Waals surface area (Å²) in [5, 5.41) is 11.4. The summed E-state index contributed by atoms with van der Waals surface area (Å²) in [7, 11) is 1.61. The van der Waals surface area contributed by atoms with Crippen molar-refractivity contribution in [2.24, 2.45) is 12.8 Å². The molecule has 0 saturated carbocycles. The summed E-state index contributed by atoms with van der Waals surface area (Å²) < 4.78 is 46.5. The molecule has 0 amide bonds. The van der Waals surface area contributed by atoms with Crippen molar-refractivity contribution in [1.82, 2.24) is 14.1 Å². The molecule has 0 aliphatic carbocycles. The van der Waals surface area contributed by atoms with E-state index >= 15 is 0 Å². The maximum absolute atomic E-state index is 14.8. The number of hydrogen-bond donors (Lipinski definition) is 2. The van der Waals surface area contributed by atoms with Crippen LogP contribution in [0.15, 0.2) is 59.8 Å². The van der Waals surface area contributed by atoms with E-state index in [9.17, 15) is 23.1 Å². The molecule has 0 radical (unpaired) electrons. The Balaban J connectivity index is 1.56. The summed E-state index contributed by atoms with van der Waals surface area (Å²) in [4.78, 5) is 18.1. The van der Waals surface area contributed by atoms with Gasteiger partial charge in [-0.3, -0.25) is 9.55 Å². The zero-order valence-corrected chi connectivity index (χ0v) is 21.6. The Bertz CT molecular complexity index is 1610. The van der Waals surface area contributed by atoms with E-state index in [1.165, 1.54) is 39.3 Å². The number of nitrogens with zero attached hydrogens (tertiary/aromatic N) is 4. The van der Waals surface area contributed by atoms with Gasteiger partial charge in [-0.1, -0.05) is 17.7 Å². The largest absolute Gasteiger partial charge is 0.507 e. The van der Waals surface area contributed by atoms with Crippen LogP contribution < -0.4 is 16.3 Å². The second kappa shape index (κ2) is 8.92. The standard InChI is InChI=1S/C27H25ClF3N5O2/c1-15-23(35-13-26(2,32)27(30,31)14-35)9-17(12-33-15)20-11-18(29)10-19(24(20)37)16-4-5-22(21(28)8-16)36-7-6-34(3)25(36)38/h4-12,37H,13-14,32H2,1-3H3. The van der Waals surface area contributed by atoms with Gasteiger partial charge in [0.1, 0.15) is 11.6 Å². The van der Waals surface area contributed by atoms with E-state index < -0.39 is 23.8 Å². The molecule has 2 aromatic carbocycles. The monoisotopic (exact) mass is 543 g/mol. The highest BCUT2D eigenvalue weighted by molar-refractivity contribution is 6.32. The Kier molecular flexibility index (Phi) is 6.07. The van der Waals surface area contributed by atoms with Crippen LogP contribution in [0.2, 0.25) is 5.02 Å². The van der Waals surface area contributed by atoms with E-state index in [0.29, 0.717) is 28.2 Å². The van der Waals surface area contributed by atoms with E-state index in [1.54, 1.807) is 44.6 Å². The van der Waals surface area contributed by atoms with E-state index in [2.05, 4.69) is 4.98 Å². The summed E-state index contributed by atoms with van der Waals surface area (Å²) in [6, 6.07) is 8.66. The Labute approximate surface area is 221 Å². The molecule has 1 unspecified atom stereocenters. The number of anilines is 1. The second-order valence-corrected chi connectivity index (χ2v) is 10.3. The summed E-state index contributed by atoms with van der Waals surface area (Å²) >= 11 is 6.47. The van der Waals surface area contributed by atoms with Crippen LogP contribution in [-0.2, 0) is 7.05 Å². The van der Waals surface area contributed by atoms with Gasteiger partial charge in [-0.25, -0.2) is 18.0 Å². The summed E-state index contributed by atoms with van der Waals surface area (Å²) in [6.07, 6.45) is 4.62. The molecule has 1 aliphatic rings. The third kappa shape index (κ3) is 4.23. The highest BCUT2D eigenvalue weighted by Gasteiger charge is 2.55. The van der Waals surface area contributed by atoms with Crippen LogP contribution in [0, 0.1) is 12.7 Å². The van der Waals surface area contributed by atoms with Crippen LogP contribution in [0.5, 0.6) is 5.75 Å². The number of benzene rings is 2. The molecule has 1 saturated heterocycles. The van der Waals surface area contributed by atoms with Crippen LogP contribution in [-0.4, -0.2) is 43.8 Å². The molecule has 7 nitrogen and oxygen atoms in total. The van der Waals surface area contributed by atoms with Gasteiger partial charge in [0.25, 0.3) is 5.92 Å². The highest BCUT2D eigenvalue weighted by atomic mass is 35.5. The first-order valence-corrected chi connectivity index (χ1v) is 12.1. The molecule has 1 atom stereocenters. The van der Waals surface area contributed by atoms with Gasteiger partial charge in [0.05, 0.1) is 34.2 Å². The van der Waals surface area contributed by atoms with E-state index in [4.69, 9.17) is 17.3 Å². The number of aromatic nitrogens is 3. The third-order valence-electron chi connectivity index (χ3n) is 7.00. The second-order valence-electron chi connectivity index (χ2n) is 9.88. The highest BCUT2D eigenvalue weighted by Crippen LogP contribution is 2.43. The van der Waals surface area contributed by atoms with Crippen molar-refractivity contribution in [1.29, 1.82) is 0 Å². The molecule has 5 rings (SSSR count). The fraction of sp³-hybridized carbons (Fsp3) is 0.259. The zero-order chi connectivity index (χ0) is 27.6. The van der Waals surface area contributed by atoms with Gasteiger partial charge in [-0.15, -0.1) is 0 Å². The first kappa shape index (κ1) is 25.9. The van der Waals surface area contributed by atoms with Crippen molar-refractivity contribution in [2.75, 3.05) is 18.0 Å². The average molecular weight is 544 g/mol. The topological polar surface area (TPSA) is 89.3 Å². The molecule has 2 aromatic heterocycles. The summed E-state index contributed by atoms with van der Waals surface area (Å²) in [6.45, 7) is 2.31. The Morgan fingerprint density at radius 2 is 1.74 bits per heavy atom. The van der Waals surface area contributed by atoms with Gasteiger partial charge in [0.15, 0.2) is 0 Å². The van der Waals surface area contributed by atoms with Crippen molar-refractivity contribution in [3.63, 3.8) is 0 Å². The lowest BCUT2D eigenvalue weighted by Crippen LogP contribution is -2.52. The molecular weight excluding hydrogens is 519 g/mol. The van der Waals surface area contributed by atoms with E-state index in [-0.39, 0.29) is 34.1 Å². The lowest BCUT2D eigenvalue weighted by Gasteiger charge is -2.24. The fourth-order valence-corrected chi connectivity index (χ4v) is 4.98. The van der Waals surface area contributed by atoms with Gasteiger partial charge in [0.2, 0.25) is 0 Å². The van der Waals surface area contributed by atoms with Crippen molar-refractivity contribution < 1.29 is 18.3 Å². The third-order valence-corrected chi connectivity index (χ3v) is 7.30. The minimum absolute atomic E-state index is 0.0955. The molecule has 11 heteroatoms. The maximum atomic E-state index is 14.8. The Hall–Kier alpha value is -3.76. The molecule has 198 valence electrons. The minimum Gasteiger partial charge on any atom is -0.507 e. The number of rotatable bonds is 4. The maximum Gasteiger partial charge on any atom is 0.332 e. The van der Waals surface area contributed by atoms with Crippen LogP contribution >= 0.6 is 11.6 Å². The number of aromatic hydroxyl groups is 1. The normalized spacial score (nSPS) is 18.8. The Morgan fingerprint density at radius 3 is 2.32 bits per heavy atom. The van der Waals surface area contributed by atoms with Crippen molar-refractivity contribution in [3.05, 3.63) is 82.0 Å². The number of imidazole rings is 1. The SMILES string of the molecule is Cc1ncc(-c2cc(F)cc(-c3ccc(-n4ccn(C)c4=O)c(Cl)c3)c2O)cc1N1CC(C)(N)C(F)(F)C1. The van der Waals surface area contributed by atoms with E-state index in [0.717, 1.165) is 6.07 Å². The number of aryl methyl sites for hydroxylation is 2. The lowest BCUT2D eigenvalue weighted by atomic mass is 9.97. The van der Waals surface area contributed by atoms with Crippen LogP contribution in [0.4, 0.5) is 18.9 Å². The fourth-order valence-electron chi connectivity index (χ4n) is 4.70. The number of halogens is 4. The molecule has 0 spiro atoms. The zero-order valence-electron chi connectivity index (χ0n) is 20.8. The molecule has 3 N–H and O–H groups in total. The summed E-state index contributed by atoms with van der Waals surface area (Å²) in [5.41, 5.74) is 6.24. The number of nitrogens with two attached hydrogens (primary N) is 1. The Morgan fingerprint density at radius 1 is 1.05 bits per heavy atom. The van der Waals surface area contributed by atoms with Crippen LogP contribution in [0.3, 0.4) is 0 Å². The average Bonchev–Trinajstić information content (AvgIpc) is 3.28. The molecule has 0 bridgehead atoms. The van der Waals surface area contributed by atoms with Gasteiger partial charge in [0, 0.05) is 48.9 Å². The van der Waals surface area contributed by atoms with E-state index in [1.807, 2.05) is 0 Å². The molecule has 3 heterocycles. The molecule has 38 heavy (non-hydrogen) atoms. The molecular formula is C27H25ClF3N5O2. The van der Waals surface area contributed by atoms with Gasteiger partial charge in [-0.2, -0.15) is 0 Å².